The standard InChI is InChI=1S/C15H29N3O2/c1-4-16-15(2,14(19)20-3)12-17-8-6-10-18-9-5-7-13(18)11-17/h13,16H,4-12H2,1-3H3. The Kier molecular flexibility index (Phi) is 5.41. The third kappa shape index (κ3) is 3.51. The summed E-state index contributed by atoms with van der Waals surface area (Å²) in [6.45, 7) is 10.1. The molecule has 0 bridgehead atoms. The molecule has 0 aromatic carbocycles. The van der Waals surface area contributed by atoms with E-state index in [1.54, 1.807) is 0 Å². The molecule has 2 aliphatic rings. The Bertz CT molecular complexity index is 337. The van der Waals surface area contributed by atoms with Crippen molar-refractivity contribution in [2.45, 2.75) is 44.7 Å². The van der Waals surface area contributed by atoms with Gasteiger partial charge < -0.3 is 10.1 Å². The number of hydrogen-bond acceptors (Lipinski definition) is 5. The molecule has 0 aliphatic carbocycles. The maximum atomic E-state index is 12.1. The third-order valence-corrected chi connectivity index (χ3v) is 4.63. The molecule has 2 aliphatic heterocycles. The Hall–Kier alpha value is -0.650. The Morgan fingerprint density at radius 3 is 2.80 bits per heavy atom. The minimum absolute atomic E-state index is 0.160. The van der Waals surface area contributed by atoms with Gasteiger partial charge >= 0.3 is 5.97 Å². The Morgan fingerprint density at radius 1 is 1.35 bits per heavy atom. The quantitative estimate of drug-likeness (QED) is 0.753. The second-order valence-electron chi connectivity index (χ2n) is 6.27. The van der Waals surface area contributed by atoms with Crippen molar-refractivity contribution in [1.29, 1.82) is 0 Å². The SMILES string of the molecule is CCNC(C)(CN1CCCN2CCCC2C1)C(=O)OC. The van der Waals surface area contributed by atoms with E-state index in [1.165, 1.54) is 39.5 Å². The third-order valence-electron chi connectivity index (χ3n) is 4.63. The van der Waals surface area contributed by atoms with Crippen LogP contribution in [0.3, 0.4) is 0 Å². The molecule has 0 aromatic rings. The first-order valence-electron chi connectivity index (χ1n) is 7.89. The fourth-order valence-corrected chi connectivity index (χ4v) is 3.68. The van der Waals surface area contributed by atoms with E-state index < -0.39 is 5.54 Å². The van der Waals surface area contributed by atoms with Crippen LogP contribution >= 0.6 is 0 Å². The van der Waals surface area contributed by atoms with Crippen molar-refractivity contribution < 1.29 is 9.53 Å². The summed E-state index contributed by atoms with van der Waals surface area (Å²) in [5.41, 5.74) is -0.600. The summed E-state index contributed by atoms with van der Waals surface area (Å²) in [4.78, 5) is 17.1. The second-order valence-corrected chi connectivity index (χ2v) is 6.27. The van der Waals surface area contributed by atoms with Crippen molar-refractivity contribution in [3.63, 3.8) is 0 Å². The first-order chi connectivity index (χ1) is 9.59. The maximum Gasteiger partial charge on any atom is 0.327 e. The highest BCUT2D eigenvalue weighted by molar-refractivity contribution is 5.80. The van der Waals surface area contributed by atoms with E-state index in [0.29, 0.717) is 6.04 Å². The number of ether oxygens (including phenoxy) is 1. The highest BCUT2D eigenvalue weighted by atomic mass is 16.5. The highest BCUT2D eigenvalue weighted by Crippen LogP contribution is 2.22. The lowest BCUT2D eigenvalue weighted by atomic mass is 10.0. The first kappa shape index (κ1) is 15.7. The lowest BCUT2D eigenvalue weighted by Gasteiger charge is -2.34. The molecule has 2 heterocycles. The maximum absolute atomic E-state index is 12.1. The zero-order chi connectivity index (χ0) is 14.6. The molecule has 20 heavy (non-hydrogen) atoms. The number of fused-ring (bicyclic) bond motifs is 1. The molecule has 5 nitrogen and oxygen atoms in total. The fourth-order valence-electron chi connectivity index (χ4n) is 3.68. The van der Waals surface area contributed by atoms with Crippen LogP contribution in [0.5, 0.6) is 0 Å². The van der Waals surface area contributed by atoms with Crippen LogP contribution < -0.4 is 5.32 Å². The number of rotatable bonds is 5. The number of nitrogens with zero attached hydrogens (tertiary/aromatic N) is 2. The van der Waals surface area contributed by atoms with Crippen LogP contribution in [0.2, 0.25) is 0 Å². The van der Waals surface area contributed by atoms with E-state index in [4.69, 9.17) is 4.74 Å². The molecule has 0 saturated carbocycles. The van der Waals surface area contributed by atoms with Crippen molar-refractivity contribution in [2.24, 2.45) is 0 Å². The van der Waals surface area contributed by atoms with Crippen molar-refractivity contribution in [3.8, 4) is 0 Å². The normalized spacial score (nSPS) is 27.6. The molecule has 2 atom stereocenters. The van der Waals surface area contributed by atoms with Crippen LogP contribution in [0.1, 0.15) is 33.1 Å². The van der Waals surface area contributed by atoms with Gasteiger partial charge in [-0.2, -0.15) is 0 Å². The first-order valence-corrected chi connectivity index (χ1v) is 7.89. The van der Waals surface area contributed by atoms with Crippen LogP contribution in [0.25, 0.3) is 0 Å². The molecule has 0 spiro atoms. The second kappa shape index (κ2) is 6.87. The summed E-state index contributed by atoms with van der Waals surface area (Å²) < 4.78 is 4.99. The van der Waals surface area contributed by atoms with Crippen LogP contribution in [0, 0.1) is 0 Å². The van der Waals surface area contributed by atoms with Crippen LogP contribution in [0.4, 0.5) is 0 Å². The van der Waals surface area contributed by atoms with E-state index in [9.17, 15) is 4.79 Å². The minimum Gasteiger partial charge on any atom is -0.468 e. The molecule has 5 heteroatoms. The molecular formula is C15H29N3O2. The number of methoxy groups -OCH3 is 1. The summed E-state index contributed by atoms with van der Waals surface area (Å²) in [5, 5.41) is 3.31. The molecule has 1 N–H and O–H groups in total. The number of hydrogen-bond donors (Lipinski definition) is 1. The van der Waals surface area contributed by atoms with Crippen molar-refractivity contribution >= 4 is 5.97 Å². The number of carbonyl (C=O) groups excluding carboxylic acids is 1. The average molecular weight is 283 g/mol. The minimum atomic E-state index is -0.600. The van der Waals surface area contributed by atoms with E-state index in [1.807, 2.05) is 13.8 Å². The average Bonchev–Trinajstić information content (AvgIpc) is 2.77. The number of likely N-dealkylation sites (N-methyl/N-ethyl adjacent to an activating group) is 1. The molecule has 0 aromatic heterocycles. The fraction of sp³-hybridized carbons (Fsp3) is 0.933. The van der Waals surface area contributed by atoms with E-state index in [-0.39, 0.29) is 5.97 Å². The van der Waals surface area contributed by atoms with E-state index >= 15 is 0 Å². The van der Waals surface area contributed by atoms with Gasteiger partial charge in [-0.1, -0.05) is 6.92 Å². The van der Waals surface area contributed by atoms with Gasteiger partial charge in [0, 0.05) is 19.1 Å². The van der Waals surface area contributed by atoms with Gasteiger partial charge in [0.1, 0.15) is 5.54 Å². The Labute approximate surface area is 122 Å². The summed E-state index contributed by atoms with van der Waals surface area (Å²) in [6, 6.07) is 0.682. The molecular weight excluding hydrogens is 254 g/mol. The van der Waals surface area contributed by atoms with Crippen LogP contribution in [-0.4, -0.2) is 73.7 Å². The predicted molar refractivity (Wildman–Crippen MR) is 79.7 cm³/mol. The smallest absolute Gasteiger partial charge is 0.327 e. The summed E-state index contributed by atoms with van der Waals surface area (Å²) in [5.74, 6) is -0.160. The monoisotopic (exact) mass is 283 g/mol. The predicted octanol–water partition coefficient (Wildman–Crippen LogP) is 0.698. The summed E-state index contributed by atoms with van der Waals surface area (Å²) in [7, 11) is 1.47. The highest BCUT2D eigenvalue weighted by Gasteiger charge is 2.37. The van der Waals surface area contributed by atoms with Gasteiger partial charge in [0.2, 0.25) is 0 Å². The van der Waals surface area contributed by atoms with Gasteiger partial charge in [-0.15, -0.1) is 0 Å². The van der Waals surface area contributed by atoms with Gasteiger partial charge in [0.15, 0.2) is 0 Å². The molecule has 2 unspecified atom stereocenters. The van der Waals surface area contributed by atoms with E-state index in [2.05, 4.69) is 15.1 Å². The van der Waals surface area contributed by atoms with Gasteiger partial charge in [-0.05, 0) is 52.4 Å². The molecule has 0 radical (unpaired) electrons. The van der Waals surface area contributed by atoms with Crippen molar-refractivity contribution in [2.75, 3.05) is 46.4 Å². The molecule has 2 fully saturated rings. The van der Waals surface area contributed by atoms with Crippen LogP contribution in [-0.2, 0) is 9.53 Å². The molecule has 2 rings (SSSR count). The number of carbonyl (C=O) groups is 1. The lowest BCUT2D eigenvalue weighted by molar-refractivity contribution is -0.148. The summed E-state index contributed by atoms with van der Waals surface area (Å²) >= 11 is 0. The van der Waals surface area contributed by atoms with Crippen molar-refractivity contribution in [3.05, 3.63) is 0 Å². The largest absolute Gasteiger partial charge is 0.468 e. The summed E-state index contributed by atoms with van der Waals surface area (Å²) in [6.07, 6.45) is 3.81. The molecule has 116 valence electrons. The Balaban J connectivity index is 2.00. The number of esters is 1. The Morgan fingerprint density at radius 2 is 2.10 bits per heavy atom. The lowest BCUT2D eigenvalue weighted by Crippen LogP contribution is -2.58. The zero-order valence-corrected chi connectivity index (χ0v) is 13.2. The topological polar surface area (TPSA) is 44.8 Å². The van der Waals surface area contributed by atoms with Gasteiger partial charge in [-0.25, -0.2) is 0 Å². The molecule has 2 saturated heterocycles. The van der Waals surface area contributed by atoms with Crippen LogP contribution in [0.15, 0.2) is 0 Å². The van der Waals surface area contributed by atoms with E-state index in [0.717, 1.165) is 26.2 Å². The number of nitrogens with one attached hydrogen (secondary N) is 1. The van der Waals surface area contributed by atoms with Gasteiger partial charge in [-0.3, -0.25) is 14.6 Å². The van der Waals surface area contributed by atoms with Gasteiger partial charge in [0.05, 0.1) is 7.11 Å². The molecule has 0 amide bonds. The van der Waals surface area contributed by atoms with Gasteiger partial charge in [0.25, 0.3) is 0 Å². The zero-order valence-electron chi connectivity index (χ0n) is 13.2. The van der Waals surface area contributed by atoms with Crippen molar-refractivity contribution in [1.82, 2.24) is 15.1 Å².